The van der Waals surface area contributed by atoms with E-state index in [4.69, 9.17) is 16.3 Å². The summed E-state index contributed by atoms with van der Waals surface area (Å²) < 4.78 is 5.28. The molecule has 1 aliphatic heterocycles. The average Bonchev–Trinajstić information content (AvgIpc) is 2.97. The third-order valence-corrected chi connectivity index (χ3v) is 5.86. The fourth-order valence-electron chi connectivity index (χ4n) is 4.10. The lowest BCUT2D eigenvalue weighted by molar-refractivity contribution is -0.122. The van der Waals surface area contributed by atoms with Gasteiger partial charge in [-0.15, -0.1) is 0 Å². The van der Waals surface area contributed by atoms with Crippen molar-refractivity contribution in [1.29, 1.82) is 0 Å². The van der Waals surface area contributed by atoms with Gasteiger partial charge in [-0.3, -0.25) is 14.4 Å². The summed E-state index contributed by atoms with van der Waals surface area (Å²) in [6, 6.07) is 11.5. The Morgan fingerprint density at radius 2 is 1.87 bits per heavy atom. The van der Waals surface area contributed by atoms with Crippen LogP contribution in [-0.2, 0) is 9.59 Å². The van der Waals surface area contributed by atoms with Gasteiger partial charge in [0.1, 0.15) is 5.75 Å². The van der Waals surface area contributed by atoms with Gasteiger partial charge in [-0.1, -0.05) is 35.4 Å². The van der Waals surface area contributed by atoms with Crippen molar-refractivity contribution in [3.63, 3.8) is 0 Å². The topological polar surface area (TPSA) is 75.7 Å². The summed E-state index contributed by atoms with van der Waals surface area (Å²) in [5, 5.41) is 3.21. The standard InChI is InChI=1S/C23H21ClN2O4/c1-13-7-9-15-17(11-13)23(29)26(22(15)28)19-6-4-3-5-16(19)21(27)25-18-12-14(24)8-10-20(18)30-2/h3-8,10,12,15,17H,9,11H2,1-2H3,(H,25,27)/t15-,17+/m1/s1. The quantitative estimate of drug-likeness (QED) is 0.581. The number of hydrogen-bond acceptors (Lipinski definition) is 4. The molecule has 2 aliphatic rings. The summed E-state index contributed by atoms with van der Waals surface area (Å²) in [5.41, 5.74) is 2.03. The zero-order valence-corrected chi connectivity index (χ0v) is 17.4. The van der Waals surface area contributed by atoms with Crippen molar-refractivity contribution in [2.45, 2.75) is 19.8 Å². The first kappa shape index (κ1) is 20.2. The SMILES string of the molecule is COc1ccc(Cl)cc1NC(=O)c1ccccc1N1C(=O)[C@H]2CC(C)=CC[C@H]2C1=O. The van der Waals surface area contributed by atoms with Crippen LogP contribution in [0.3, 0.4) is 0 Å². The number of benzene rings is 2. The van der Waals surface area contributed by atoms with Crippen molar-refractivity contribution in [3.8, 4) is 5.75 Å². The van der Waals surface area contributed by atoms with Gasteiger partial charge in [0, 0.05) is 5.02 Å². The second-order valence-corrected chi connectivity index (χ2v) is 7.97. The van der Waals surface area contributed by atoms with Crippen LogP contribution >= 0.6 is 11.6 Å². The van der Waals surface area contributed by atoms with E-state index < -0.39 is 5.91 Å². The minimum absolute atomic E-state index is 0.226. The molecule has 3 amide bonds. The molecule has 4 rings (SSSR count). The van der Waals surface area contributed by atoms with Crippen molar-refractivity contribution in [1.82, 2.24) is 0 Å². The molecule has 1 aliphatic carbocycles. The molecule has 1 N–H and O–H groups in total. The van der Waals surface area contributed by atoms with E-state index in [0.717, 1.165) is 5.57 Å². The smallest absolute Gasteiger partial charge is 0.257 e. The highest BCUT2D eigenvalue weighted by Gasteiger charge is 2.49. The lowest BCUT2D eigenvalue weighted by Crippen LogP contribution is -2.33. The molecule has 2 aromatic rings. The van der Waals surface area contributed by atoms with Gasteiger partial charge in [-0.2, -0.15) is 0 Å². The van der Waals surface area contributed by atoms with Crippen LogP contribution in [-0.4, -0.2) is 24.8 Å². The zero-order valence-electron chi connectivity index (χ0n) is 16.6. The first-order valence-electron chi connectivity index (χ1n) is 9.68. The number of halogens is 1. The summed E-state index contributed by atoms with van der Waals surface area (Å²) in [4.78, 5) is 40.4. The molecule has 6 nitrogen and oxygen atoms in total. The van der Waals surface area contributed by atoms with Crippen LogP contribution < -0.4 is 15.0 Å². The van der Waals surface area contributed by atoms with Crippen molar-refractivity contribution in [2.24, 2.45) is 11.8 Å². The van der Waals surface area contributed by atoms with Crippen molar-refractivity contribution < 1.29 is 19.1 Å². The second-order valence-electron chi connectivity index (χ2n) is 7.53. The number of para-hydroxylation sites is 1. The number of amides is 3. The van der Waals surface area contributed by atoms with Crippen molar-refractivity contribution in [2.75, 3.05) is 17.3 Å². The molecule has 2 atom stereocenters. The molecular formula is C23H21ClN2O4. The number of carbonyl (C=O) groups is 3. The number of nitrogens with zero attached hydrogens (tertiary/aromatic N) is 1. The molecular weight excluding hydrogens is 404 g/mol. The lowest BCUT2D eigenvalue weighted by Gasteiger charge is -2.19. The number of rotatable bonds is 4. The number of carbonyl (C=O) groups excluding carboxylic acids is 3. The Morgan fingerprint density at radius 3 is 2.63 bits per heavy atom. The van der Waals surface area contributed by atoms with E-state index in [1.165, 1.54) is 12.0 Å². The Labute approximate surface area is 179 Å². The molecule has 154 valence electrons. The molecule has 0 aromatic heterocycles. The molecule has 0 saturated carbocycles. The van der Waals surface area contributed by atoms with Gasteiger partial charge in [0.05, 0.1) is 35.9 Å². The van der Waals surface area contributed by atoms with E-state index >= 15 is 0 Å². The van der Waals surface area contributed by atoms with Gasteiger partial charge in [-0.25, -0.2) is 4.90 Å². The maximum Gasteiger partial charge on any atom is 0.257 e. The Morgan fingerprint density at radius 1 is 1.13 bits per heavy atom. The fraction of sp³-hybridized carbons (Fsp3) is 0.261. The predicted molar refractivity (Wildman–Crippen MR) is 115 cm³/mol. The molecule has 1 heterocycles. The number of nitrogens with one attached hydrogen (secondary N) is 1. The van der Waals surface area contributed by atoms with Gasteiger partial charge >= 0.3 is 0 Å². The Kier molecular flexibility index (Phi) is 5.35. The van der Waals surface area contributed by atoms with Crippen molar-refractivity contribution >= 4 is 40.7 Å². The molecule has 2 aromatic carbocycles. The van der Waals surface area contributed by atoms with Crippen LogP contribution in [0.15, 0.2) is 54.1 Å². The van der Waals surface area contributed by atoms with E-state index in [0.29, 0.717) is 29.3 Å². The predicted octanol–water partition coefficient (Wildman–Crippen LogP) is 4.45. The van der Waals surface area contributed by atoms with E-state index in [2.05, 4.69) is 5.32 Å². The maximum atomic E-state index is 13.1. The minimum atomic E-state index is -0.462. The van der Waals surface area contributed by atoms with Gasteiger partial charge in [0.2, 0.25) is 11.8 Å². The number of anilines is 2. The monoisotopic (exact) mass is 424 g/mol. The number of imide groups is 1. The van der Waals surface area contributed by atoms with Gasteiger partial charge in [0.25, 0.3) is 5.91 Å². The summed E-state index contributed by atoms with van der Waals surface area (Å²) in [6.45, 7) is 1.97. The second kappa shape index (κ2) is 7.95. The molecule has 0 radical (unpaired) electrons. The number of methoxy groups -OCH3 is 1. The number of hydrogen-bond donors (Lipinski definition) is 1. The normalized spacial score (nSPS) is 20.6. The van der Waals surface area contributed by atoms with Crippen molar-refractivity contribution in [3.05, 3.63) is 64.7 Å². The van der Waals surface area contributed by atoms with E-state index in [-0.39, 0.29) is 34.9 Å². The van der Waals surface area contributed by atoms with Crippen LogP contribution in [0.2, 0.25) is 5.02 Å². The molecule has 1 saturated heterocycles. The summed E-state index contributed by atoms with van der Waals surface area (Å²) in [6.07, 6.45) is 3.13. The maximum absolute atomic E-state index is 13.1. The Balaban J connectivity index is 1.67. The highest BCUT2D eigenvalue weighted by molar-refractivity contribution is 6.31. The lowest BCUT2D eigenvalue weighted by atomic mass is 9.82. The first-order chi connectivity index (χ1) is 14.4. The van der Waals surface area contributed by atoms with Gasteiger partial charge < -0.3 is 10.1 Å². The molecule has 0 bridgehead atoms. The molecule has 1 fully saturated rings. The third-order valence-electron chi connectivity index (χ3n) is 5.62. The van der Waals surface area contributed by atoms with Crippen LogP contribution in [0.25, 0.3) is 0 Å². The first-order valence-corrected chi connectivity index (χ1v) is 10.1. The van der Waals surface area contributed by atoms with Crippen LogP contribution in [0.5, 0.6) is 5.75 Å². The number of fused-ring (bicyclic) bond motifs is 1. The third kappa shape index (κ3) is 3.48. The molecule has 0 unspecified atom stereocenters. The van der Waals surface area contributed by atoms with E-state index in [1.54, 1.807) is 42.5 Å². The molecule has 30 heavy (non-hydrogen) atoms. The molecule has 0 spiro atoms. The van der Waals surface area contributed by atoms with E-state index in [9.17, 15) is 14.4 Å². The zero-order chi connectivity index (χ0) is 21.4. The summed E-state index contributed by atoms with van der Waals surface area (Å²) >= 11 is 6.05. The summed E-state index contributed by atoms with van der Waals surface area (Å²) in [5.74, 6) is -1.26. The average molecular weight is 425 g/mol. The highest BCUT2D eigenvalue weighted by Crippen LogP contribution is 2.40. The summed E-state index contributed by atoms with van der Waals surface area (Å²) in [7, 11) is 1.49. The Bertz CT molecular complexity index is 1080. The highest BCUT2D eigenvalue weighted by atomic mass is 35.5. The van der Waals surface area contributed by atoms with Gasteiger partial charge in [-0.05, 0) is 50.1 Å². The Hall–Kier alpha value is -3.12. The van der Waals surface area contributed by atoms with Crippen LogP contribution in [0.4, 0.5) is 11.4 Å². The largest absolute Gasteiger partial charge is 0.495 e. The number of ether oxygens (including phenoxy) is 1. The van der Waals surface area contributed by atoms with Crippen LogP contribution in [0, 0.1) is 11.8 Å². The molecule has 7 heteroatoms. The van der Waals surface area contributed by atoms with Crippen LogP contribution in [0.1, 0.15) is 30.1 Å². The minimum Gasteiger partial charge on any atom is -0.495 e. The number of allylic oxidation sites excluding steroid dienone is 2. The van der Waals surface area contributed by atoms with E-state index in [1.807, 2.05) is 13.0 Å². The fourth-order valence-corrected chi connectivity index (χ4v) is 4.28. The van der Waals surface area contributed by atoms with Gasteiger partial charge in [0.15, 0.2) is 0 Å².